The van der Waals surface area contributed by atoms with Crippen molar-refractivity contribution in [2.45, 2.75) is 118 Å². The molecule has 0 aliphatic heterocycles. The highest BCUT2D eigenvalue weighted by molar-refractivity contribution is 6.84. The third-order valence-corrected chi connectivity index (χ3v) is 10.5. The van der Waals surface area contributed by atoms with E-state index in [1.807, 2.05) is 0 Å². The van der Waals surface area contributed by atoms with Gasteiger partial charge in [-0.15, -0.1) is 11.1 Å². The van der Waals surface area contributed by atoms with Gasteiger partial charge in [-0.2, -0.15) is 0 Å². The molecule has 0 saturated heterocycles. The van der Waals surface area contributed by atoms with E-state index < -0.39 is 39.9 Å². The minimum atomic E-state index is -1.71. The molecule has 3 rings (SSSR count). The maximum Gasteiger partial charge on any atom is 0.340 e. The Labute approximate surface area is 359 Å². The molecule has 0 bridgehead atoms. The Kier molecular flexibility index (Phi) is 19.7. The fourth-order valence-corrected chi connectivity index (χ4v) is 6.73. The Balaban J connectivity index is 2.17. The number of carbonyl (C=O) groups excluding carboxylic acids is 4. The molecular formula is C48H64N2O8Si2. The average molecular weight is 853 g/mol. The lowest BCUT2D eigenvalue weighted by molar-refractivity contribution is 0.0517. The predicted molar refractivity (Wildman–Crippen MR) is 247 cm³/mol. The van der Waals surface area contributed by atoms with E-state index in [1.54, 1.807) is 50.2 Å². The second-order valence-electron chi connectivity index (χ2n) is 16.5. The van der Waals surface area contributed by atoms with Gasteiger partial charge >= 0.3 is 11.9 Å². The summed E-state index contributed by atoms with van der Waals surface area (Å²) in [4.78, 5) is 55.1. The van der Waals surface area contributed by atoms with Crippen molar-refractivity contribution in [2.24, 2.45) is 0 Å². The summed E-state index contributed by atoms with van der Waals surface area (Å²) in [6.07, 6.45) is 7.43. The van der Waals surface area contributed by atoms with Crippen LogP contribution in [-0.4, -0.2) is 66.3 Å². The van der Waals surface area contributed by atoms with Crippen LogP contribution in [0.1, 0.15) is 132 Å². The van der Waals surface area contributed by atoms with Crippen LogP contribution < -0.4 is 20.1 Å². The molecule has 0 spiro atoms. The summed E-state index contributed by atoms with van der Waals surface area (Å²) in [5.41, 5.74) is 8.89. The van der Waals surface area contributed by atoms with Crippen molar-refractivity contribution < 1.29 is 38.1 Å². The summed E-state index contributed by atoms with van der Waals surface area (Å²) in [6, 6.07) is 13.0. The van der Waals surface area contributed by atoms with Crippen LogP contribution in [0.2, 0.25) is 39.3 Å². The number of esters is 2. The lowest BCUT2D eigenvalue weighted by Gasteiger charge is -2.19. The zero-order valence-corrected chi connectivity index (χ0v) is 39.4. The first kappa shape index (κ1) is 49.1. The van der Waals surface area contributed by atoms with Crippen LogP contribution >= 0.6 is 0 Å². The van der Waals surface area contributed by atoms with Crippen LogP contribution in [0.15, 0.2) is 48.5 Å². The van der Waals surface area contributed by atoms with Crippen LogP contribution in [-0.2, 0) is 9.47 Å². The van der Waals surface area contributed by atoms with E-state index in [9.17, 15) is 19.2 Å². The Morgan fingerprint density at radius 3 is 1.23 bits per heavy atom. The van der Waals surface area contributed by atoms with Gasteiger partial charge in [0, 0.05) is 11.1 Å². The molecule has 0 heterocycles. The van der Waals surface area contributed by atoms with Crippen molar-refractivity contribution in [3.05, 3.63) is 81.9 Å². The van der Waals surface area contributed by atoms with Gasteiger partial charge in [-0.1, -0.05) is 103 Å². The molecule has 12 heteroatoms. The number of ether oxygens (including phenoxy) is 4. The largest absolute Gasteiger partial charge is 0.493 e. The zero-order chi connectivity index (χ0) is 44.3. The molecule has 0 saturated carbocycles. The Morgan fingerprint density at radius 1 is 0.517 bits per heavy atom. The van der Waals surface area contributed by atoms with Gasteiger partial charge in [-0.05, 0) is 75.2 Å². The predicted octanol–water partition coefficient (Wildman–Crippen LogP) is 10.9. The van der Waals surface area contributed by atoms with Crippen LogP contribution in [0, 0.1) is 22.9 Å². The monoisotopic (exact) mass is 852 g/mol. The molecule has 3 aromatic rings. The normalized spacial score (nSPS) is 11.0. The maximum atomic E-state index is 14.3. The molecule has 0 unspecified atom stereocenters. The molecule has 0 aliphatic rings. The minimum absolute atomic E-state index is 0.112. The first-order chi connectivity index (χ1) is 28.5. The molecule has 0 radical (unpaired) electrons. The van der Waals surface area contributed by atoms with Crippen molar-refractivity contribution in [3.63, 3.8) is 0 Å². The molecule has 3 aromatic carbocycles. The number of anilines is 2. The van der Waals surface area contributed by atoms with Crippen molar-refractivity contribution >= 4 is 51.3 Å². The van der Waals surface area contributed by atoms with E-state index in [2.05, 4.69) is 86.7 Å². The van der Waals surface area contributed by atoms with Gasteiger partial charge < -0.3 is 29.6 Å². The molecule has 10 nitrogen and oxygen atoms in total. The molecule has 0 aliphatic carbocycles. The molecule has 2 amide bonds. The number of rotatable bonds is 20. The third-order valence-electron chi connectivity index (χ3n) is 8.77. The second-order valence-corrected chi connectivity index (χ2v) is 26.0. The van der Waals surface area contributed by atoms with Crippen molar-refractivity contribution in [3.8, 4) is 34.4 Å². The van der Waals surface area contributed by atoms with Crippen molar-refractivity contribution in [1.82, 2.24) is 0 Å². The van der Waals surface area contributed by atoms with Gasteiger partial charge in [0.2, 0.25) is 0 Å². The summed E-state index contributed by atoms with van der Waals surface area (Å²) in [7, 11) is -3.43. The zero-order valence-electron chi connectivity index (χ0n) is 37.4. The van der Waals surface area contributed by atoms with Gasteiger partial charge in [0.1, 0.15) is 27.6 Å². The highest BCUT2D eigenvalue weighted by atomic mass is 28.3. The highest BCUT2D eigenvalue weighted by Crippen LogP contribution is 2.33. The van der Waals surface area contributed by atoms with E-state index in [-0.39, 0.29) is 58.3 Å². The number of hydrogen-bond acceptors (Lipinski definition) is 8. The van der Waals surface area contributed by atoms with Crippen LogP contribution in [0.25, 0.3) is 0 Å². The quantitative estimate of drug-likeness (QED) is 0.0497. The summed E-state index contributed by atoms with van der Waals surface area (Å²) in [5, 5.41) is 5.80. The van der Waals surface area contributed by atoms with E-state index in [0.717, 1.165) is 51.4 Å². The summed E-state index contributed by atoms with van der Waals surface area (Å²) in [5.74, 6) is 4.31. The molecule has 2 N–H and O–H groups in total. The maximum absolute atomic E-state index is 14.3. The molecule has 0 aromatic heterocycles. The second kappa shape index (κ2) is 24.1. The molecule has 0 atom stereocenters. The topological polar surface area (TPSA) is 129 Å². The number of amides is 2. The van der Waals surface area contributed by atoms with Crippen molar-refractivity contribution in [1.29, 1.82) is 0 Å². The Bertz CT molecular complexity index is 1950. The standard InChI is InChI=1S/C48H64N2O8Si2/c1-11-15-17-19-27-57-43-33-40(46(52)50-42-24-22-36(26-30-60(8,9)10)32-38(42)48(54)56-14-4)44(58-28-20-18-16-12-2)34-39(43)45(51)49-41-23-21-35(25-29-59(5,6)7)31-37(41)47(53)55-13-3/h21-24,31-34H,11-20,27-28H2,1-10H3,(H,49,51)(H,50,52). The Hall–Kier alpha value is -5.31. The third kappa shape index (κ3) is 16.4. The first-order valence-corrected chi connectivity index (χ1v) is 28.2. The fraction of sp³-hybridized carbons (Fsp3) is 0.458. The fourth-order valence-electron chi connectivity index (χ4n) is 5.69. The number of unbranched alkanes of at least 4 members (excludes halogenated alkanes) is 6. The van der Waals surface area contributed by atoms with E-state index in [1.165, 1.54) is 12.1 Å². The van der Waals surface area contributed by atoms with Gasteiger partial charge in [0.15, 0.2) is 0 Å². The molecule has 0 fully saturated rings. The first-order valence-electron chi connectivity index (χ1n) is 21.2. The summed E-state index contributed by atoms with van der Waals surface area (Å²) in [6.45, 7) is 21.3. The lowest BCUT2D eigenvalue weighted by atomic mass is 10.0. The van der Waals surface area contributed by atoms with E-state index >= 15 is 0 Å². The number of nitrogens with one attached hydrogen (secondary N) is 2. The molecular weight excluding hydrogens is 789 g/mol. The highest BCUT2D eigenvalue weighted by Gasteiger charge is 2.25. The summed E-state index contributed by atoms with van der Waals surface area (Å²) >= 11 is 0. The average Bonchev–Trinajstić information content (AvgIpc) is 3.19. The number of carbonyl (C=O) groups is 4. The van der Waals surface area contributed by atoms with Gasteiger partial charge in [-0.25, -0.2) is 9.59 Å². The van der Waals surface area contributed by atoms with E-state index in [4.69, 9.17) is 18.9 Å². The smallest absolute Gasteiger partial charge is 0.340 e. The number of benzene rings is 3. The van der Waals surface area contributed by atoms with Gasteiger partial charge in [-0.3, -0.25) is 9.59 Å². The minimum Gasteiger partial charge on any atom is -0.493 e. The van der Waals surface area contributed by atoms with Crippen LogP contribution in [0.5, 0.6) is 11.5 Å². The molecule has 60 heavy (non-hydrogen) atoms. The Morgan fingerprint density at radius 2 is 0.900 bits per heavy atom. The van der Waals surface area contributed by atoms with Crippen LogP contribution in [0.3, 0.4) is 0 Å². The number of hydrogen-bond donors (Lipinski definition) is 2. The van der Waals surface area contributed by atoms with Crippen LogP contribution in [0.4, 0.5) is 11.4 Å². The van der Waals surface area contributed by atoms with Gasteiger partial charge in [0.05, 0.1) is 60.1 Å². The van der Waals surface area contributed by atoms with E-state index in [0.29, 0.717) is 24.3 Å². The van der Waals surface area contributed by atoms with Gasteiger partial charge in [0.25, 0.3) is 11.8 Å². The van der Waals surface area contributed by atoms with Crippen molar-refractivity contribution in [2.75, 3.05) is 37.1 Å². The summed E-state index contributed by atoms with van der Waals surface area (Å²) < 4.78 is 23.3. The SMILES string of the molecule is CCCCCCOc1cc(C(=O)Nc2ccc(C#C[Si](C)(C)C)cc2C(=O)OCC)c(OCCCCCC)cc1C(=O)Nc1ccc(C#C[Si](C)(C)C)cc1C(=O)OCC. The molecule has 322 valence electrons. The lowest BCUT2D eigenvalue weighted by Crippen LogP contribution is -2.20.